The van der Waals surface area contributed by atoms with Crippen molar-refractivity contribution in [3.8, 4) is 5.75 Å². The van der Waals surface area contributed by atoms with E-state index >= 15 is 0 Å². The molecule has 2 rings (SSSR count). The second kappa shape index (κ2) is 9.09. The van der Waals surface area contributed by atoms with Crippen LogP contribution in [-0.2, 0) is 9.53 Å². The van der Waals surface area contributed by atoms with E-state index in [1.165, 1.54) is 5.56 Å². The Morgan fingerprint density at radius 2 is 1.85 bits per heavy atom. The Morgan fingerprint density at radius 1 is 1.22 bits per heavy atom. The minimum absolute atomic E-state index is 0.152. The van der Waals surface area contributed by atoms with Crippen LogP contribution in [0.2, 0.25) is 0 Å². The second-order valence-corrected chi connectivity index (χ2v) is 9.05. The molecule has 0 saturated carbocycles. The molecule has 1 aliphatic rings. The van der Waals surface area contributed by atoms with Crippen molar-refractivity contribution in [2.45, 2.75) is 84.5 Å². The first kappa shape index (κ1) is 21.7. The summed E-state index contributed by atoms with van der Waals surface area (Å²) < 4.78 is 11.5. The molecule has 4 heteroatoms. The number of rotatable bonds is 7. The van der Waals surface area contributed by atoms with Gasteiger partial charge in [-0.15, -0.1) is 0 Å². The fourth-order valence-corrected chi connectivity index (χ4v) is 3.87. The molecule has 1 aromatic carbocycles. The van der Waals surface area contributed by atoms with Gasteiger partial charge in [0.05, 0.1) is 11.7 Å². The van der Waals surface area contributed by atoms with Crippen LogP contribution in [0.25, 0.3) is 0 Å². The number of amides is 1. The number of carbonyl (C=O) groups excluding carboxylic acids is 1. The molecule has 1 saturated heterocycles. The Hall–Kier alpha value is -1.55. The summed E-state index contributed by atoms with van der Waals surface area (Å²) in [6.07, 6.45) is 2.51. The number of hydrogen-bond acceptors (Lipinski definition) is 3. The highest BCUT2D eigenvalue weighted by molar-refractivity contribution is 5.77. The highest BCUT2D eigenvalue weighted by Gasteiger charge is 2.33. The molecule has 0 bridgehead atoms. The third-order valence-corrected chi connectivity index (χ3v) is 5.49. The summed E-state index contributed by atoms with van der Waals surface area (Å²) in [6, 6.07) is 8.50. The predicted molar refractivity (Wildman–Crippen MR) is 110 cm³/mol. The van der Waals surface area contributed by atoms with Crippen molar-refractivity contribution in [1.29, 1.82) is 0 Å². The van der Waals surface area contributed by atoms with Gasteiger partial charge in [0.15, 0.2) is 0 Å². The highest BCUT2D eigenvalue weighted by atomic mass is 16.5. The number of nitrogens with zero attached hydrogens (tertiary/aromatic N) is 1. The maximum absolute atomic E-state index is 13.0. The lowest BCUT2D eigenvalue weighted by Crippen LogP contribution is -2.47. The Balaban J connectivity index is 2.05. The SMILES string of the molecule is CC(C)Oc1ccc([C@@H](CC(=O)N(C)[C@@H]2CCOC(C)(C)C2)C(C)C)cc1. The molecule has 152 valence electrons. The molecular weight excluding hydrogens is 338 g/mol. The van der Waals surface area contributed by atoms with Crippen LogP contribution in [0.4, 0.5) is 0 Å². The number of carbonyl (C=O) groups is 1. The molecule has 0 unspecified atom stereocenters. The van der Waals surface area contributed by atoms with Crippen molar-refractivity contribution in [3.05, 3.63) is 29.8 Å². The number of hydrogen-bond donors (Lipinski definition) is 0. The van der Waals surface area contributed by atoms with Crippen LogP contribution in [0, 0.1) is 5.92 Å². The summed E-state index contributed by atoms with van der Waals surface area (Å²) in [6.45, 7) is 13.4. The molecule has 1 amide bonds. The largest absolute Gasteiger partial charge is 0.491 e. The second-order valence-electron chi connectivity index (χ2n) is 9.05. The van der Waals surface area contributed by atoms with Gasteiger partial charge in [0.1, 0.15) is 5.75 Å². The van der Waals surface area contributed by atoms with Gasteiger partial charge in [0.25, 0.3) is 0 Å². The average Bonchev–Trinajstić information content (AvgIpc) is 2.58. The molecule has 0 aliphatic carbocycles. The van der Waals surface area contributed by atoms with Gasteiger partial charge in [-0.3, -0.25) is 4.79 Å². The van der Waals surface area contributed by atoms with Crippen LogP contribution in [0.1, 0.15) is 72.3 Å². The zero-order chi connectivity index (χ0) is 20.2. The van der Waals surface area contributed by atoms with E-state index in [0.29, 0.717) is 12.3 Å². The van der Waals surface area contributed by atoms with Crippen molar-refractivity contribution in [2.75, 3.05) is 13.7 Å². The minimum atomic E-state index is -0.152. The van der Waals surface area contributed by atoms with Gasteiger partial charge >= 0.3 is 0 Å². The molecule has 27 heavy (non-hydrogen) atoms. The van der Waals surface area contributed by atoms with Crippen molar-refractivity contribution >= 4 is 5.91 Å². The first-order chi connectivity index (χ1) is 12.6. The van der Waals surface area contributed by atoms with Gasteiger partial charge in [0.2, 0.25) is 5.91 Å². The summed E-state index contributed by atoms with van der Waals surface area (Å²) in [5.41, 5.74) is 1.05. The van der Waals surface area contributed by atoms with Gasteiger partial charge in [0, 0.05) is 26.1 Å². The fourth-order valence-electron chi connectivity index (χ4n) is 3.87. The summed E-state index contributed by atoms with van der Waals surface area (Å²) in [4.78, 5) is 15.0. The smallest absolute Gasteiger partial charge is 0.223 e. The van der Waals surface area contributed by atoms with Gasteiger partial charge in [-0.1, -0.05) is 26.0 Å². The van der Waals surface area contributed by atoms with E-state index in [0.717, 1.165) is 25.2 Å². The first-order valence-corrected chi connectivity index (χ1v) is 10.3. The third-order valence-electron chi connectivity index (χ3n) is 5.49. The van der Waals surface area contributed by atoms with Gasteiger partial charge in [-0.05, 0) is 70.1 Å². The van der Waals surface area contributed by atoms with E-state index < -0.39 is 0 Å². The van der Waals surface area contributed by atoms with E-state index in [4.69, 9.17) is 9.47 Å². The van der Waals surface area contributed by atoms with Crippen LogP contribution in [0.15, 0.2) is 24.3 Å². The van der Waals surface area contributed by atoms with Gasteiger partial charge in [-0.2, -0.15) is 0 Å². The lowest BCUT2D eigenvalue weighted by molar-refractivity contribution is -0.138. The summed E-state index contributed by atoms with van der Waals surface area (Å²) in [5.74, 6) is 1.70. The van der Waals surface area contributed by atoms with E-state index in [2.05, 4.69) is 39.8 Å². The predicted octanol–water partition coefficient (Wildman–Crippen LogP) is 5.02. The normalized spacial score (nSPS) is 20.6. The van der Waals surface area contributed by atoms with Crippen molar-refractivity contribution in [1.82, 2.24) is 4.90 Å². The van der Waals surface area contributed by atoms with Crippen LogP contribution in [0.5, 0.6) is 5.75 Å². The molecule has 0 N–H and O–H groups in total. The van der Waals surface area contributed by atoms with Gasteiger partial charge < -0.3 is 14.4 Å². The molecule has 2 atom stereocenters. The van der Waals surface area contributed by atoms with Crippen LogP contribution < -0.4 is 4.74 Å². The molecule has 1 heterocycles. The van der Waals surface area contributed by atoms with Crippen molar-refractivity contribution in [2.24, 2.45) is 5.92 Å². The molecule has 0 aromatic heterocycles. The Labute approximate surface area is 165 Å². The van der Waals surface area contributed by atoms with Crippen LogP contribution in [-0.4, -0.2) is 42.2 Å². The van der Waals surface area contributed by atoms with Crippen LogP contribution >= 0.6 is 0 Å². The molecule has 1 aromatic rings. The van der Waals surface area contributed by atoms with E-state index in [9.17, 15) is 4.79 Å². The highest BCUT2D eigenvalue weighted by Crippen LogP contribution is 2.32. The Morgan fingerprint density at radius 3 is 2.37 bits per heavy atom. The maximum atomic E-state index is 13.0. The number of benzene rings is 1. The quantitative estimate of drug-likeness (QED) is 0.672. The zero-order valence-corrected chi connectivity index (χ0v) is 18.1. The summed E-state index contributed by atoms with van der Waals surface area (Å²) in [7, 11) is 1.95. The topological polar surface area (TPSA) is 38.8 Å². The lowest BCUT2D eigenvalue weighted by Gasteiger charge is -2.40. The Bertz CT molecular complexity index is 607. The summed E-state index contributed by atoms with van der Waals surface area (Å²) in [5, 5.41) is 0. The maximum Gasteiger partial charge on any atom is 0.223 e. The van der Waals surface area contributed by atoms with Crippen LogP contribution in [0.3, 0.4) is 0 Å². The molecular formula is C23H37NO3. The fraction of sp³-hybridized carbons (Fsp3) is 0.696. The molecule has 4 nitrogen and oxygen atoms in total. The van der Waals surface area contributed by atoms with Crippen molar-refractivity contribution in [3.63, 3.8) is 0 Å². The number of ether oxygens (including phenoxy) is 2. The van der Waals surface area contributed by atoms with E-state index in [1.54, 1.807) is 0 Å². The molecule has 1 fully saturated rings. The third kappa shape index (κ3) is 6.24. The zero-order valence-electron chi connectivity index (χ0n) is 18.1. The van der Waals surface area contributed by atoms with Crippen molar-refractivity contribution < 1.29 is 14.3 Å². The Kier molecular flexibility index (Phi) is 7.32. The standard InChI is InChI=1S/C23H37NO3/c1-16(2)21(18-8-10-20(11-9-18)27-17(3)4)14-22(25)24(7)19-12-13-26-23(5,6)15-19/h8-11,16-17,19,21H,12-15H2,1-7H3/t19-,21+/m1/s1. The average molecular weight is 376 g/mol. The first-order valence-electron chi connectivity index (χ1n) is 10.3. The van der Waals surface area contributed by atoms with E-state index in [1.807, 2.05) is 37.9 Å². The monoisotopic (exact) mass is 375 g/mol. The molecule has 1 aliphatic heterocycles. The lowest BCUT2D eigenvalue weighted by atomic mass is 9.85. The molecule has 0 radical (unpaired) electrons. The van der Waals surface area contributed by atoms with E-state index in [-0.39, 0.29) is 29.6 Å². The summed E-state index contributed by atoms with van der Waals surface area (Å²) >= 11 is 0. The van der Waals surface area contributed by atoms with Gasteiger partial charge in [-0.25, -0.2) is 0 Å². The molecule has 0 spiro atoms. The minimum Gasteiger partial charge on any atom is -0.491 e.